The third kappa shape index (κ3) is 2.97. The van der Waals surface area contributed by atoms with Crippen LogP contribution >= 0.6 is 0 Å². The fraction of sp³-hybridized carbons (Fsp3) is 0.400. The summed E-state index contributed by atoms with van der Waals surface area (Å²) < 4.78 is 33.6. The van der Waals surface area contributed by atoms with Crippen molar-refractivity contribution in [1.82, 2.24) is 5.32 Å². The van der Waals surface area contributed by atoms with Gasteiger partial charge in [0, 0.05) is 12.1 Å². The van der Waals surface area contributed by atoms with E-state index in [9.17, 15) is 8.78 Å². The fourth-order valence-electron chi connectivity index (χ4n) is 3.93. The van der Waals surface area contributed by atoms with E-state index in [0.717, 1.165) is 43.4 Å². The second-order valence-corrected chi connectivity index (χ2v) is 6.72. The Hall–Kier alpha value is -2.14. The van der Waals surface area contributed by atoms with Gasteiger partial charge < -0.3 is 15.0 Å². The van der Waals surface area contributed by atoms with Gasteiger partial charge in [0.15, 0.2) is 11.6 Å². The summed E-state index contributed by atoms with van der Waals surface area (Å²) in [6.45, 7) is 5.63. The van der Waals surface area contributed by atoms with Gasteiger partial charge in [0.05, 0.1) is 12.2 Å². The molecule has 2 heterocycles. The van der Waals surface area contributed by atoms with Gasteiger partial charge in [0.2, 0.25) is 0 Å². The minimum absolute atomic E-state index is 0.345. The Labute approximate surface area is 146 Å². The number of anilines is 1. The van der Waals surface area contributed by atoms with Crippen molar-refractivity contribution in [3.05, 3.63) is 58.2 Å². The molecule has 3 nitrogen and oxygen atoms in total. The van der Waals surface area contributed by atoms with Crippen LogP contribution in [0.4, 0.5) is 14.5 Å². The largest absolute Gasteiger partial charge is 0.490 e. The lowest BCUT2D eigenvalue weighted by molar-refractivity contribution is 0.305. The molecule has 0 aromatic heterocycles. The highest BCUT2D eigenvalue weighted by molar-refractivity contribution is 5.69. The maximum absolute atomic E-state index is 14.1. The molecule has 2 aliphatic rings. The quantitative estimate of drug-likeness (QED) is 0.904. The second kappa shape index (κ2) is 6.64. The van der Waals surface area contributed by atoms with E-state index in [2.05, 4.69) is 23.2 Å². The van der Waals surface area contributed by atoms with Crippen LogP contribution in [0.2, 0.25) is 0 Å². The summed E-state index contributed by atoms with van der Waals surface area (Å²) in [5, 5.41) is 3.43. The lowest BCUT2D eigenvalue weighted by Gasteiger charge is -2.34. The predicted molar refractivity (Wildman–Crippen MR) is 94.4 cm³/mol. The van der Waals surface area contributed by atoms with Crippen LogP contribution in [-0.2, 0) is 19.4 Å². The smallest absolute Gasteiger partial charge is 0.163 e. The van der Waals surface area contributed by atoms with Crippen molar-refractivity contribution in [1.29, 1.82) is 0 Å². The lowest BCUT2D eigenvalue weighted by Crippen LogP contribution is -2.33. The first-order valence-corrected chi connectivity index (χ1v) is 8.82. The average molecular weight is 344 g/mol. The van der Waals surface area contributed by atoms with Crippen LogP contribution in [0.25, 0.3) is 0 Å². The molecule has 0 bridgehead atoms. The Morgan fingerprint density at radius 1 is 1.20 bits per heavy atom. The summed E-state index contributed by atoms with van der Waals surface area (Å²) in [6.07, 6.45) is 1.97. The molecule has 0 saturated heterocycles. The molecule has 0 spiro atoms. The third-order valence-corrected chi connectivity index (χ3v) is 5.18. The van der Waals surface area contributed by atoms with Crippen molar-refractivity contribution in [2.75, 3.05) is 31.1 Å². The molecule has 25 heavy (non-hydrogen) atoms. The lowest BCUT2D eigenvalue weighted by atomic mass is 9.94. The second-order valence-electron chi connectivity index (χ2n) is 6.72. The first kappa shape index (κ1) is 16.3. The van der Waals surface area contributed by atoms with Crippen molar-refractivity contribution in [2.24, 2.45) is 0 Å². The number of hydrogen-bond acceptors (Lipinski definition) is 3. The summed E-state index contributed by atoms with van der Waals surface area (Å²) in [5.41, 5.74) is 5.30. The number of ether oxygens (including phenoxy) is 1. The van der Waals surface area contributed by atoms with Crippen molar-refractivity contribution < 1.29 is 13.5 Å². The Morgan fingerprint density at radius 2 is 2.04 bits per heavy atom. The molecule has 4 rings (SSSR count). The third-order valence-electron chi connectivity index (χ3n) is 5.18. The standard InChI is InChI=1S/C20H22F2N2O/c1-13-16-6-8-23-7-5-14(16)11-18-20(13)24(9-10-25-18)12-15-3-2-4-17(21)19(15)22/h2-4,11,23H,5-10,12H2,1H3. The Morgan fingerprint density at radius 3 is 2.92 bits per heavy atom. The molecular formula is C20H22F2N2O. The average Bonchev–Trinajstić information content (AvgIpc) is 2.85. The van der Waals surface area contributed by atoms with E-state index in [1.165, 1.54) is 16.7 Å². The number of benzene rings is 2. The van der Waals surface area contributed by atoms with Gasteiger partial charge in [0.25, 0.3) is 0 Å². The van der Waals surface area contributed by atoms with E-state index in [1.807, 2.05) is 0 Å². The normalized spacial score (nSPS) is 16.7. The van der Waals surface area contributed by atoms with Crippen LogP contribution in [0, 0.1) is 18.6 Å². The summed E-state index contributed by atoms with van der Waals surface area (Å²) in [7, 11) is 0. The van der Waals surface area contributed by atoms with Gasteiger partial charge in [-0.25, -0.2) is 8.78 Å². The van der Waals surface area contributed by atoms with E-state index in [0.29, 0.717) is 25.3 Å². The predicted octanol–water partition coefficient (Wildman–Crippen LogP) is 3.36. The minimum atomic E-state index is -0.796. The monoisotopic (exact) mass is 344 g/mol. The molecule has 0 fully saturated rings. The molecule has 0 radical (unpaired) electrons. The first-order valence-electron chi connectivity index (χ1n) is 8.82. The molecule has 0 saturated carbocycles. The molecule has 2 aromatic carbocycles. The number of hydrogen-bond donors (Lipinski definition) is 1. The van der Waals surface area contributed by atoms with Gasteiger partial charge in [0.1, 0.15) is 12.4 Å². The van der Waals surface area contributed by atoms with Crippen LogP contribution < -0.4 is 15.0 Å². The van der Waals surface area contributed by atoms with Crippen LogP contribution in [0.3, 0.4) is 0 Å². The van der Waals surface area contributed by atoms with Gasteiger partial charge in [-0.05, 0) is 61.7 Å². The highest BCUT2D eigenvalue weighted by Crippen LogP contribution is 2.40. The summed E-state index contributed by atoms with van der Waals surface area (Å²) in [6, 6.07) is 6.50. The maximum Gasteiger partial charge on any atom is 0.163 e. The summed E-state index contributed by atoms with van der Waals surface area (Å²) in [4.78, 5) is 2.12. The van der Waals surface area contributed by atoms with Crippen molar-refractivity contribution in [2.45, 2.75) is 26.3 Å². The zero-order valence-corrected chi connectivity index (χ0v) is 14.4. The number of nitrogens with zero attached hydrogens (tertiary/aromatic N) is 1. The van der Waals surface area contributed by atoms with Gasteiger partial charge >= 0.3 is 0 Å². The first-order chi connectivity index (χ1) is 12.1. The molecular weight excluding hydrogens is 322 g/mol. The zero-order chi connectivity index (χ0) is 17.4. The minimum Gasteiger partial charge on any atom is -0.490 e. The molecule has 0 unspecified atom stereocenters. The highest BCUT2D eigenvalue weighted by atomic mass is 19.2. The van der Waals surface area contributed by atoms with Gasteiger partial charge in [-0.15, -0.1) is 0 Å². The Kier molecular flexibility index (Phi) is 4.34. The van der Waals surface area contributed by atoms with Crippen molar-refractivity contribution >= 4 is 5.69 Å². The maximum atomic E-state index is 14.1. The highest BCUT2D eigenvalue weighted by Gasteiger charge is 2.25. The van der Waals surface area contributed by atoms with Crippen LogP contribution in [-0.4, -0.2) is 26.2 Å². The van der Waals surface area contributed by atoms with Crippen LogP contribution in [0.5, 0.6) is 5.75 Å². The topological polar surface area (TPSA) is 24.5 Å². The van der Waals surface area contributed by atoms with E-state index < -0.39 is 11.6 Å². The molecule has 132 valence electrons. The summed E-state index contributed by atoms with van der Waals surface area (Å²) >= 11 is 0. The van der Waals surface area contributed by atoms with E-state index in [1.54, 1.807) is 12.1 Å². The molecule has 1 N–H and O–H groups in total. The van der Waals surface area contributed by atoms with Gasteiger partial charge in [-0.3, -0.25) is 0 Å². The van der Waals surface area contributed by atoms with E-state index in [-0.39, 0.29) is 0 Å². The van der Waals surface area contributed by atoms with E-state index >= 15 is 0 Å². The molecule has 2 aliphatic heterocycles. The zero-order valence-electron chi connectivity index (χ0n) is 14.4. The molecule has 0 aliphatic carbocycles. The molecule has 2 aromatic rings. The number of nitrogens with one attached hydrogen (secondary N) is 1. The number of halogens is 2. The van der Waals surface area contributed by atoms with E-state index in [4.69, 9.17) is 4.74 Å². The fourth-order valence-corrected chi connectivity index (χ4v) is 3.93. The van der Waals surface area contributed by atoms with Crippen LogP contribution in [0.1, 0.15) is 22.3 Å². The summed E-state index contributed by atoms with van der Waals surface area (Å²) in [5.74, 6) is -0.691. The van der Waals surface area contributed by atoms with Crippen molar-refractivity contribution in [3.63, 3.8) is 0 Å². The molecule has 5 heteroatoms. The van der Waals surface area contributed by atoms with Gasteiger partial charge in [-0.2, -0.15) is 0 Å². The molecule has 0 amide bonds. The number of fused-ring (bicyclic) bond motifs is 2. The SMILES string of the molecule is Cc1c2c(cc3c1N(Cc1cccc(F)c1F)CCO3)CCNCC2. The Bertz CT molecular complexity index is 807. The van der Waals surface area contributed by atoms with Crippen LogP contribution in [0.15, 0.2) is 24.3 Å². The van der Waals surface area contributed by atoms with Crippen molar-refractivity contribution in [3.8, 4) is 5.75 Å². The Balaban J connectivity index is 1.74. The number of rotatable bonds is 2. The van der Waals surface area contributed by atoms with Gasteiger partial charge in [-0.1, -0.05) is 12.1 Å². The molecule has 0 atom stereocenters.